The van der Waals surface area contributed by atoms with Crippen LogP contribution >= 0.6 is 0 Å². The van der Waals surface area contributed by atoms with Crippen molar-refractivity contribution in [3.8, 4) is 0 Å². The quantitative estimate of drug-likeness (QED) is 0.615. The molecule has 0 amide bonds. The maximum absolute atomic E-state index is 11.4. The van der Waals surface area contributed by atoms with E-state index in [1.165, 1.54) is 0 Å². The fourth-order valence-electron chi connectivity index (χ4n) is 2.28. The Morgan fingerprint density at radius 1 is 1.42 bits per heavy atom. The van der Waals surface area contributed by atoms with Crippen LogP contribution in [0.2, 0.25) is 18.1 Å². The zero-order chi connectivity index (χ0) is 14.5. The van der Waals surface area contributed by atoms with Gasteiger partial charge in [-0.2, -0.15) is 0 Å². The fraction of sp³-hybridized carbons (Fsp3) is 0.923. The molecule has 0 unspecified atom stereocenters. The van der Waals surface area contributed by atoms with Crippen molar-refractivity contribution in [1.29, 1.82) is 0 Å². The summed E-state index contributed by atoms with van der Waals surface area (Å²) in [5, 5.41) is 10.2. The highest BCUT2D eigenvalue weighted by atomic mass is 28.4. The van der Waals surface area contributed by atoms with Crippen LogP contribution < -0.4 is 0 Å². The molecule has 0 aromatic carbocycles. The number of cyclic esters (lactones) is 1. The van der Waals surface area contributed by atoms with Crippen LogP contribution in [-0.4, -0.2) is 50.4 Å². The molecular formula is C13H24O5Si. The van der Waals surface area contributed by atoms with Gasteiger partial charge in [0.25, 0.3) is 0 Å². The number of carbonyl (C=O) groups excluding carboxylic acids is 1. The topological polar surface area (TPSA) is 65.0 Å². The van der Waals surface area contributed by atoms with Gasteiger partial charge in [-0.15, -0.1) is 0 Å². The summed E-state index contributed by atoms with van der Waals surface area (Å²) < 4.78 is 17.0. The minimum Gasteiger partial charge on any atom is -0.462 e. The van der Waals surface area contributed by atoms with E-state index >= 15 is 0 Å². The van der Waals surface area contributed by atoms with Gasteiger partial charge in [0.15, 0.2) is 8.32 Å². The third-order valence-electron chi connectivity index (χ3n) is 4.56. The van der Waals surface area contributed by atoms with Gasteiger partial charge in [0.2, 0.25) is 0 Å². The van der Waals surface area contributed by atoms with E-state index in [2.05, 4.69) is 33.9 Å². The molecule has 1 spiro atoms. The van der Waals surface area contributed by atoms with Gasteiger partial charge in [-0.1, -0.05) is 20.8 Å². The Hall–Kier alpha value is -0.433. The first-order valence-electron chi connectivity index (χ1n) is 6.73. The van der Waals surface area contributed by atoms with Crippen LogP contribution in [0.4, 0.5) is 0 Å². The summed E-state index contributed by atoms with van der Waals surface area (Å²) in [6, 6.07) is 0. The Kier molecular flexibility index (Phi) is 3.58. The van der Waals surface area contributed by atoms with Crippen molar-refractivity contribution in [2.24, 2.45) is 0 Å². The van der Waals surface area contributed by atoms with E-state index in [-0.39, 0.29) is 30.6 Å². The Bertz CT molecular complexity index is 376. The molecule has 0 radical (unpaired) electrons. The Morgan fingerprint density at radius 2 is 2.05 bits per heavy atom. The second-order valence-electron chi connectivity index (χ2n) is 7.08. The van der Waals surface area contributed by atoms with E-state index in [0.717, 1.165) is 0 Å². The third-order valence-corrected chi connectivity index (χ3v) is 9.01. The molecule has 0 saturated carbocycles. The third kappa shape index (κ3) is 2.59. The first-order valence-corrected chi connectivity index (χ1v) is 9.64. The zero-order valence-corrected chi connectivity index (χ0v) is 13.4. The Balaban J connectivity index is 2.20. The monoisotopic (exact) mass is 288 g/mol. The van der Waals surface area contributed by atoms with E-state index in [4.69, 9.17) is 13.9 Å². The number of rotatable bonds is 2. The average Bonchev–Trinajstić information content (AvgIpc) is 2.76. The van der Waals surface area contributed by atoms with Crippen LogP contribution in [-0.2, 0) is 18.7 Å². The lowest BCUT2D eigenvalue weighted by molar-refractivity contribution is -0.137. The van der Waals surface area contributed by atoms with Crippen LogP contribution in [0.25, 0.3) is 0 Å². The van der Waals surface area contributed by atoms with Crippen molar-refractivity contribution in [3.63, 3.8) is 0 Å². The molecular weight excluding hydrogens is 264 g/mol. The minimum atomic E-state index is -2.03. The second-order valence-corrected chi connectivity index (χ2v) is 11.8. The lowest BCUT2D eigenvalue weighted by Gasteiger charge is -2.41. The first-order chi connectivity index (χ1) is 8.57. The van der Waals surface area contributed by atoms with Crippen molar-refractivity contribution in [3.05, 3.63) is 0 Å². The summed E-state index contributed by atoms with van der Waals surface area (Å²) in [6.07, 6.45) is -0.993. The predicted octanol–water partition coefficient (Wildman–Crippen LogP) is 1.45. The van der Waals surface area contributed by atoms with Crippen molar-refractivity contribution < 1.29 is 23.8 Å². The van der Waals surface area contributed by atoms with Crippen molar-refractivity contribution in [1.82, 2.24) is 0 Å². The predicted molar refractivity (Wildman–Crippen MR) is 72.3 cm³/mol. The van der Waals surface area contributed by atoms with E-state index in [9.17, 15) is 9.90 Å². The molecule has 2 saturated heterocycles. The molecule has 3 atom stereocenters. The maximum atomic E-state index is 11.4. The number of ether oxygens (including phenoxy) is 2. The number of esters is 1. The van der Waals surface area contributed by atoms with Gasteiger partial charge in [0, 0.05) is 0 Å². The molecule has 0 aromatic rings. The van der Waals surface area contributed by atoms with Crippen LogP contribution in [0.3, 0.4) is 0 Å². The second kappa shape index (κ2) is 4.55. The Labute approximate surface area is 115 Å². The summed E-state index contributed by atoms with van der Waals surface area (Å²) in [4.78, 5) is 11.4. The number of aliphatic hydroxyl groups excluding tert-OH is 1. The van der Waals surface area contributed by atoms with Gasteiger partial charge in [-0.3, -0.25) is 4.79 Å². The molecule has 2 fully saturated rings. The molecule has 2 heterocycles. The summed E-state index contributed by atoms with van der Waals surface area (Å²) in [5.74, 6) is -0.280. The molecule has 1 N–H and O–H groups in total. The summed E-state index contributed by atoms with van der Waals surface area (Å²) in [6.45, 7) is 11.1. The summed E-state index contributed by atoms with van der Waals surface area (Å²) in [5.41, 5.74) is -0.786. The lowest BCUT2D eigenvalue weighted by Crippen LogP contribution is -2.54. The van der Waals surface area contributed by atoms with E-state index < -0.39 is 26.1 Å². The molecule has 110 valence electrons. The molecule has 0 aromatic heterocycles. The van der Waals surface area contributed by atoms with Crippen LogP contribution in [0.1, 0.15) is 27.2 Å². The molecule has 0 aliphatic carbocycles. The van der Waals surface area contributed by atoms with Crippen LogP contribution in [0.5, 0.6) is 0 Å². The number of carbonyl (C=O) groups is 1. The van der Waals surface area contributed by atoms with Gasteiger partial charge in [-0.25, -0.2) is 0 Å². The van der Waals surface area contributed by atoms with Gasteiger partial charge in [-0.05, 0) is 18.1 Å². The lowest BCUT2D eigenvalue weighted by atomic mass is 9.95. The highest BCUT2D eigenvalue weighted by molar-refractivity contribution is 6.74. The fourth-order valence-corrected chi connectivity index (χ4v) is 3.64. The zero-order valence-electron chi connectivity index (χ0n) is 12.4. The van der Waals surface area contributed by atoms with E-state index in [1.54, 1.807) is 0 Å². The number of aliphatic hydroxyl groups is 1. The van der Waals surface area contributed by atoms with Crippen LogP contribution in [0.15, 0.2) is 0 Å². The van der Waals surface area contributed by atoms with Gasteiger partial charge >= 0.3 is 5.97 Å². The van der Waals surface area contributed by atoms with Gasteiger partial charge < -0.3 is 19.0 Å². The molecule has 6 heteroatoms. The molecule has 0 bridgehead atoms. The number of hydrogen-bond acceptors (Lipinski definition) is 5. The highest BCUT2D eigenvalue weighted by Gasteiger charge is 2.58. The molecule has 2 aliphatic rings. The van der Waals surface area contributed by atoms with Crippen molar-refractivity contribution >= 4 is 14.3 Å². The maximum Gasteiger partial charge on any atom is 0.309 e. The number of hydrogen-bond donors (Lipinski definition) is 1. The largest absolute Gasteiger partial charge is 0.462 e. The van der Waals surface area contributed by atoms with E-state index in [1.807, 2.05) is 0 Å². The average molecular weight is 288 g/mol. The van der Waals surface area contributed by atoms with Crippen molar-refractivity contribution in [2.75, 3.05) is 13.2 Å². The molecule has 2 rings (SSSR count). The molecule has 2 aliphatic heterocycles. The first kappa shape index (κ1) is 15.0. The smallest absolute Gasteiger partial charge is 0.309 e. The summed E-state index contributed by atoms with van der Waals surface area (Å²) >= 11 is 0. The standard InChI is InChI=1S/C13H24O5Si/c1-12(2,3)19(4,5)18-11-9(14)7-17-13(11)6-10(15)16-8-13/h9,11,14H,6-8H2,1-5H3/t9-,11+,13-/m1/s1. The van der Waals surface area contributed by atoms with Crippen molar-refractivity contribution in [2.45, 2.75) is 63.1 Å². The highest BCUT2D eigenvalue weighted by Crippen LogP contribution is 2.43. The van der Waals surface area contributed by atoms with Crippen LogP contribution in [0, 0.1) is 0 Å². The Morgan fingerprint density at radius 3 is 2.53 bits per heavy atom. The van der Waals surface area contributed by atoms with E-state index in [0.29, 0.717) is 0 Å². The van der Waals surface area contributed by atoms with Gasteiger partial charge in [0.1, 0.15) is 24.4 Å². The molecule has 19 heavy (non-hydrogen) atoms. The summed E-state index contributed by atoms with van der Waals surface area (Å²) in [7, 11) is -2.03. The van der Waals surface area contributed by atoms with Gasteiger partial charge in [0.05, 0.1) is 13.0 Å². The molecule has 5 nitrogen and oxygen atoms in total. The normalized spacial score (nSPS) is 36.0. The SMILES string of the molecule is CC(C)(C)[Si](C)(C)O[C@H]1[C@H](O)CO[C@]12COC(=O)C2. The minimum absolute atomic E-state index is 0.0416.